The third kappa shape index (κ3) is 2.81. The fourth-order valence-electron chi connectivity index (χ4n) is 3.71. The molecule has 0 radical (unpaired) electrons. The fraction of sp³-hybridized carbons (Fsp3) is 0.500. The molecule has 24 heavy (non-hydrogen) atoms. The highest BCUT2D eigenvalue weighted by molar-refractivity contribution is 5.94. The summed E-state index contributed by atoms with van der Waals surface area (Å²) in [5, 5.41) is 4.14. The summed E-state index contributed by atoms with van der Waals surface area (Å²) in [5.74, 6) is 1.13. The Morgan fingerprint density at radius 3 is 2.75 bits per heavy atom. The lowest BCUT2D eigenvalue weighted by Gasteiger charge is -2.16. The van der Waals surface area contributed by atoms with Crippen LogP contribution in [0, 0.1) is 5.82 Å². The minimum atomic E-state index is -0.479. The number of benzene rings is 1. The number of hydrogen-bond donors (Lipinski definition) is 0. The van der Waals surface area contributed by atoms with Crippen LogP contribution >= 0.6 is 0 Å². The van der Waals surface area contributed by atoms with E-state index in [-0.39, 0.29) is 17.4 Å². The number of likely N-dealkylation sites (tertiary alicyclic amines) is 1. The van der Waals surface area contributed by atoms with E-state index in [9.17, 15) is 9.18 Å². The van der Waals surface area contributed by atoms with Gasteiger partial charge in [-0.15, -0.1) is 0 Å². The number of carbonyl (C=O) groups excluding carboxylic acids is 1. The number of aromatic nitrogens is 2. The van der Waals surface area contributed by atoms with Crippen LogP contribution in [0.1, 0.15) is 66.0 Å². The fourth-order valence-corrected chi connectivity index (χ4v) is 3.71. The molecule has 6 heteroatoms. The van der Waals surface area contributed by atoms with E-state index >= 15 is 0 Å². The predicted molar refractivity (Wildman–Crippen MR) is 85.2 cm³/mol. The van der Waals surface area contributed by atoms with Gasteiger partial charge in [0.15, 0.2) is 5.82 Å². The molecule has 2 aliphatic rings. The van der Waals surface area contributed by atoms with Gasteiger partial charge in [0.1, 0.15) is 5.82 Å². The Labute approximate surface area is 139 Å². The van der Waals surface area contributed by atoms with Gasteiger partial charge in [-0.25, -0.2) is 4.39 Å². The maximum atomic E-state index is 13.8. The number of carbonyl (C=O) groups is 1. The van der Waals surface area contributed by atoms with Crippen molar-refractivity contribution in [1.82, 2.24) is 15.0 Å². The maximum Gasteiger partial charge on any atom is 0.256 e. The number of hydrogen-bond acceptors (Lipinski definition) is 4. The van der Waals surface area contributed by atoms with E-state index in [4.69, 9.17) is 4.52 Å². The van der Waals surface area contributed by atoms with Crippen molar-refractivity contribution in [3.63, 3.8) is 0 Å². The highest BCUT2D eigenvalue weighted by Gasteiger charge is 2.33. The summed E-state index contributed by atoms with van der Waals surface area (Å²) in [6, 6.07) is 6.10. The van der Waals surface area contributed by atoms with Gasteiger partial charge in [0.05, 0.1) is 11.5 Å². The van der Waals surface area contributed by atoms with Gasteiger partial charge in [0, 0.05) is 19.0 Å². The van der Waals surface area contributed by atoms with Gasteiger partial charge in [-0.3, -0.25) is 4.79 Å². The van der Waals surface area contributed by atoms with Crippen LogP contribution in [-0.2, 0) is 0 Å². The lowest BCUT2D eigenvalue weighted by molar-refractivity contribution is 0.0785. The second kappa shape index (κ2) is 6.34. The number of amides is 1. The highest BCUT2D eigenvalue weighted by Crippen LogP contribution is 2.34. The van der Waals surface area contributed by atoms with Crippen molar-refractivity contribution in [3.8, 4) is 0 Å². The molecular weight excluding hydrogens is 309 g/mol. The first-order valence-electron chi connectivity index (χ1n) is 8.59. The monoisotopic (exact) mass is 329 g/mol. The van der Waals surface area contributed by atoms with Gasteiger partial charge >= 0.3 is 0 Å². The van der Waals surface area contributed by atoms with Gasteiger partial charge in [0.2, 0.25) is 5.89 Å². The van der Waals surface area contributed by atoms with Gasteiger partial charge in [-0.05, 0) is 31.4 Å². The molecule has 1 unspecified atom stereocenters. The molecule has 1 aliphatic heterocycles. The first kappa shape index (κ1) is 15.3. The Bertz CT molecular complexity index is 739. The smallest absolute Gasteiger partial charge is 0.256 e. The van der Waals surface area contributed by atoms with E-state index in [0.29, 0.717) is 24.9 Å². The molecule has 1 amide bonds. The van der Waals surface area contributed by atoms with Gasteiger partial charge in [-0.1, -0.05) is 30.1 Å². The average Bonchev–Trinajstić information content (AvgIpc) is 3.33. The van der Waals surface area contributed by atoms with Crippen LogP contribution in [0.4, 0.5) is 4.39 Å². The summed E-state index contributed by atoms with van der Waals surface area (Å²) in [4.78, 5) is 18.7. The molecule has 0 bridgehead atoms. The molecule has 1 aliphatic carbocycles. The molecule has 0 spiro atoms. The van der Waals surface area contributed by atoms with Gasteiger partial charge in [-0.2, -0.15) is 4.98 Å². The molecule has 126 valence electrons. The van der Waals surface area contributed by atoms with Gasteiger partial charge in [0.25, 0.3) is 5.91 Å². The van der Waals surface area contributed by atoms with Crippen LogP contribution in [-0.4, -0.2) is 34.0 Å². The summed E-state index contributed by atoms with van der Waals surface area (Å²) in [7, 11) is 0. The summed E-state index contributed by atoms with van der Waals surface area (Å²) in [6.07, 6.45) is 5.47. The van der Waals surface area contributed by atoms with Crippen LogP contribution in [0.25, 0.3) is 0 Å². The van der Waals surface area contributed by atoms with Crippen LogP contribution < -0.4 is 0 Å². The molecule has 5 nitrogen and oxygen atoms in total. The van der Waals surface area contributed by atoms with E-state index in [1.54, 1.807) is 17.0 Å². The number of nitrogens with zero attached hydrogens (tertiary/aromatic N) is 3. The van der Waals surface area contributed by atoms with Crippen LogP contribution in [0.2, 0.25) is 0 Å². The quantitative estimate of drug-likeness (QED) is 0.865. The van der Waals surface area contributed by atoms with E-state index in [1.165, 1.54) is 25.0 Å². The normalized spacial score (nSPS) is 21.5. The third-order valence-electron chi connectivity index (χ3n) is 5.11. The van der Waals surface area contributed by atoms with Crippen LogP contribution in [0.15, 0.2) is 28.8 Å². The number of rotatable bonds is 3. The standard InChI is InChI=1S/C18H20FN3O2/c19-15-8-4-3-7-14(15)18(23)22-10-9-13(11-22)17-20-16(21-24-17)12-5-1-2-6-12/h3-4,7-8,12-13H,1-2,5-6,9-11H2. The lowest BCUT2D eigenvalue weighted by atomic mass is 10.1. The summed E-state index contributed by atoms with van der Waals surface area (Å²) in [6.45, 7) is 1.08. The second-order valence-electron chi connectivity index (χ2n) is 6.69. The Balaban J connectivity index is 1.45. The zero-order chi connectivity index (χ0) is 16.5. The summed E-state index contributed by atoms with van der Waals surface area (Å²) >= 11 is 0. The zero-order valence-corrected chi connectivity index (χ0v) is 13.4. The molecular formula is C18H20FN3O2. The third-order valence-corrected chi connectivity index (χ3v) is 5.11. The Hall–Kier alpha value is -2.24. The van der Waals surface area contributed by atoms with E-state index in [1.807, 2.05) is 0 Å². The first-order chi connectivity index (χ1) is 11.7. The highest BCUT2D eigenvalue weighted by atomic mass is 19.1. The van der Waals surface area contributed by atoms with Crippen molar-refractivity contribution in [1.29, 1.82) is 0 Å². The van der Waals surface area contributed by atoms with Crippen LogP contribution in [0.5, 0.6) is 0 Å². The summed E-state index contributed by atoms with van der Waals surface area (Å²) < 4.78 is 19.2. The van der Waals surface area contributed by atoms with Gasteiger partial charge < -0.3 is 9.42 Å². The molecule has 4 rings (SSSR count). The largest absolute Gasteiger partial charge is 0.339 e. The molecule has 2 aromatic rings. The maximum absolute atomic E-state index is 13.8. The van der Waals surface area contributed by atoms with E-state index in [0.717, 1.165) is 25.1 Å². The topological polar surface area (TPSA) is 59.2 Å². The molecule has 2 heterocycles. The minimum absolute atomic E-state index is 0.0448. The Morgan fingerprint density at radius 1 is 1.17 bits per heavy atom. The van der Waals surface area contributed by atoms with Crippen molar-refractivity contribution >= 4 is 5.91 Å². The van der Waals surface area contributed by atoms with Crippen molar-refractivity contribution in [2.24, 2.45) is 0 Å². The Morgan fingerprint density at radius 2 is 1.96 bits per heavy atom. The molecule has 1 saturated carbocycles. The second-order valence-corrected chi connectivity index (χ2v) is 6.69. The molecule has 1 aromatic heterocycles. The van der Waals surface area contributed by atoms with E-state index < -0.39 is 5.82 Å². The van der Waals surface area contributed by atoms with Crippen molar-refractivity contribution in [2.45, 2.75) is 43.9 Å². The SMILES string of the molecule is O=C(c1ccccc1F)N1CCC(c2nc(C3CCCC3)no2)C1. The first-order valence-corrected chi connectivity index (χ1v) is 8.59. The van der Waals surface area contributed by atoms with E-state index in [2.05, 4.69) is 10.1 Å². The zero-order valence-electron chi connectivity index (χ0n) is 13.4. The molecule has 1 atom stereocenters. The lowest BCUT2D eigenvalue weighted by Crippen LogP contribution is -2.29. The predicted octanol–water partition coefficient (Wildman–Crippen LogP) is 3.50. The van der Waals surface area contributed by atoms with Crippen molar-refractivity contribution < 1.29 is 13.7 Å². The van der Waals surface area contributed by atoms with Crippen molar-refractivity contribution in [2.75, 3.05) is 13.1 Å². The summed E-state index contributed by atoms with van der Waals surface area (Å²) in [5.41, 5.74) is 0.121. The molecule has 2 fully saturated rings. The Kier molecular flexibility index (Phi) is 4.04. The molecule has 1 saturated heterocycles. The van der Waals surface area contributed by atoms with Crippen LogP contribution in [0.3, 0.4) is 0 Å². The number of halogens is 1. The minimum Gasteiger partial charge on any atom is -0.339 e. The van der Waals surface area contributed by atoms with Crippen molar-refractivity contribution in [3.05, 3.63) is 47.4 Å². The molecule has 0 N–H and O–H groups in total. The molecule has 1 aromatic carbocycles. The average molecular weight is 329 g/mol.